The first-order valence-corrected chi connectivity index (χ1v) is 20.4. The average molecular weight is 908 g/mol. The number of nitriles is 1. The van der Waals surface area contributed by atoms with Crippen LogP contribution >= 0.6 is 0 Å². The molecule has 0 aliphatic carbocycles. The summed E-state index contributed by atoms with van der Waals surface area (Å²) in [5.41, 5.74) is 7.07. The van der Waals surface area contributed by atoms with Gasteiger partial charge < -0.3 is 14.4 Å². The first kappa shape index (κ1) is 36.3. The van der Waals surface area contributed by atoms with Crippen molar-refractivity contribution in [3.8, 4) is 11.9 Å². The number of para-hydroxylation sites is 2. The molecule has 0 N–H and O–H groups in total. The number of aromatic nitrogens is 2. The van der Waals surface area contributed by atoms with Crippen molar-refractivity contribution in [2.75, 3.05) is 16.8 Å². The Balaban J connectivity index is 0.00000427. The summed E-state index contributed by atoms with van der Waals surface area (Å²) in [7, 11) is -0.994. The number of benzene rings is 6. The van der Waals surface area contributed by atoms with Crippen molar-refractivity contribution >= 4 is 67.7 Å². The monoisotopic (exact) mass is 907 g/mol. The zero-order valence-electron chi connectivity index (χ0n) is 30.8. The van der Waals surface area contributed by atoms with E-state index in [9.17, 15) is 5.26 Å². The van der Waals surface area contributed by atoms with Crippen LogP contribution in [-0.2, 0) is 27.5 Å². The van der Waals surface area contributed by atoms with Crippen molar-refractivity contribution in [1.29, 1.82) is 5.26 Å². The SMILES string of the molecule is CC(C)Cc1ccnc(-n2c3[c-]c([Si](c4[c-]c(N5[CH-]N(C)c6ccccc65)ccc4)(c4ccccc4)c4ccccc4)ccc3c3cc(C#N)ccc32)c1.[Pt]. The summed E-state index contributed by atoms with van der Waals surface area (Å²) in [6.45, 7) is 6.62. The van der Waals surface area contributed by atoms with Gasteiger partial charge in [0.15, 0.2) is 0 Å². The Morgan fingerprint density at radius 3 is 2.13 bits per heavy atom. The molecule has 1 aliphatic rings. The number of pyridine rings is 1. The first-order chi connectivity index (χ1) is 26.4. The van der Waals surface area contributed by atoms with Crippen molar-refractivity contribution in [2.24, 2.45) is 5.92 Å². The summed E-state index contributed by atoms with van der Waals surface area (Å²) >= 11 is 0. The number of hydrogen-bond donors (Lipinski definition) is 0. The predicted octanol–water partition coefficient (Wildman–Crippen LogP) is 7.93. The summed E-state index contributed by atoms with van der Waals surface area (Å²) < 4.78 is 2.24. The minimum Gasteiger partial charge on any atom is -0.504 e. The van der Waals surface area contributed by atoms with Gasteiger partial charge in [-0.05, 0) is 83.2 Å². The van der Waals surface area contributed by atoms with Crippen LogP contribution in [0.3, 0.4) is 0 Å². The van der Waals surface area contributed by atoms with E-state index in [0.29, 0.717) is 11.5 Å². The van der Waals surface area contributed by atoms with Gasteiger partial charge in [-0.3, -0.25) is 0 Å². The molecule has 0 radical (unpaired) electrons. The third-order valence-electron chi connectivity index (χ3n) is 10.6. The Morgan fingerprint density at radius 1 is 0.727 bits per heavy atom. The number of rotatable bonds is 8. The van der Waals surface area contributed by atoms with Crippen molar-refractivity contribution in [1.82, 2.24) is 9.55 Å². The molecule has 0 saturated heterocycles. The van der Waals surface area contributed by atoms with Gasteiger partial charge in [-0.2, -0.15) is 64.8 Å². The van der Waals surface area contributed by atoms with Crippen molar-refractivity contribution in [3.05, 3.63) is 182 Å². The van der Waals surface area contributed by atoms with E-state index in [0.717, 1.165) is 61.5 Å². The smallest absolute Gasteiger partial charge is 0.135 e. The van der Waals surface area contributed by atoms with E-state index in [2.05, 4.69) is 194 Å². The zero-order valence-corrected chi connectivity index (χ0v) is 34.1. The Bertz CT molecular complexity index is 2660. The molecule has 55 heavy (non-hydrogen) atoms. The van der Waals surface area contributed by atoms with Crippen molar-refractivity contribution in [2.45, 2.75) is 20.3 Å². The van der Waals surface area contributed by atoms with Gasteiger partial charge in [-0.15, -0.1) is 11.1 Å². The van der Waals surface area contributed by atoms with Crippen LogP contribution in [0, 0.1) is 36.1 Å². The molecule has 9 rings (SSSR count). The molecule has 0 spiro atoms. The summed E-state index contributed by atoms with van der Waals surface area (Å²) in [6.07, 6.45) is 2.87. The van der Waals surface area contributed by atoms with Gasteiger partial charge in [0.1, 0.15) is 13.9 Å². The van der Waals surface area contributed by atoms with Crippen LogP contribution in [0.5, 0.6) is 0 Å². The van der Waals surface area contributed by atoms with Gasteiger partial charge in [0.05, 0.1) is 11.6 Å². The molecule has 8 aromatic rings. The molecule has 0 unspecified atom stereocenters. The molecule has 0 saturated carbocycles. The second kappa shape index (κ2) is 14.8. The number of anilines is 3. The maximum atomic E-state index is 9.93. The van der Waals surface area contributed by atoms with E-state index in [1.165, 1.54) is 15.9 Å². The maximum absolute atomic E-state index is 9.93. The third-order valence-corrected chi connectivity index (χ3v) is 15.2. The minimum absolute atomic E-state index is 0. The fourth-order valence-corrected chi connectivity index (χ4v) is 12.8. The minimum atomic E-state index is -3.08. The zero-order chi connectivity index (χ0) is 36.8. The van der Waals surface area contributed by atoms with E-state index in [1.807, 2.05) is 18.3 Å². The van der Waals surface area contributed by atoms with Gasteiger partial charge in [0.2, 0.25) is 0 Å². The number of fused-ring (bicyclic) bond motifs is 4. The van der Waals surface area contributed by atoms with E-state index in [1.54, 1.807) is 0 Å². The van der Waals surface area contributed by atoms with Crippen LogP contribution in [0.4, 0.5) is 17.1 Å². The van der Waals surface area contributed by atoms with E-state index >= 15 is 0 Å². The first-order valence-electron chi connectivity index (χ1n) is 18.4. The summed E-state index contributed by atoms with van der Waals surface area (Å²) in [4.78, 5) is 9.35. The molecule has 0 amide bonds. The van der Waals surface area contributed by atoms with Gasteiger partial charge in [0, 0.05) is 44.2 Å². The van der Waals surface area contributed by atoms with Crippen molar-refractivity contribution in [3.63, 3.8) is 0 Å². The van der Waals surface area contributed by atoms with Crippen LogP contribution < -0.4 is 30.5 Å². The predicted molar refractivity (Wildman–Crippen MR) is 224 cm³/mol. The topological polar surface area (TPSA) is 48.1 Å². The molecule has 0 atom stereocenters. The number of hydrogen-bond acceptors (Lipinski definition) is 4. The molecule has 5 nitrogen and oxygen atoms in total. The second-order valence-corrected chi connectivity index (χ2v) is 18.2. The molecule has 2 aromatic heterocycles. The molecule has 7 heteroatoms. The standard InChI is InChI=1S/C48H38N5Si.Pt/c1-34(2)27-35-25-26-50-48(29-35)53-44-24-21-36(32-49)28-43(44)42-23-22-41(31-47(42)53)54(38-14-6-4-7-15-38,39-16-8-5-9-17-39)40-18-12-13-37(30-40)52-33-51(3)45-19-10-11-20-46(45)52;/h4-26,28-29,33-34H,27H2,1-3H3;/q-3;. The van der Waals surface area contributed by atoms with Crippen LogP contribution in [-0.4, -0.2) is 24.7 Å². The van der Waals surface area contributed by atoms with Gasteiger partial charge in [0.25, 0.3) is 0 Å². The van der Waals surface area contributed by atoms with Gasteiger partial charge >= 0.3 is 0 Å². The fourth-order valence-electron chi connectivity index (χ4n) is 8.23. The third kappa shape index (κ3) is 6.18. The van der Waals surface area contributed by atoms with Crippen LogP contribution in [0.1, 0.15) is 25.0 Å². The summed E-state index contributed by atoms with van der Waals surface area (Å²) in [5.74, 6) is 1.36. The second-order valence-electron chi connectivity index (χ2n) is 14.5. The molecule has 0 fully saturated rings. The van der Waals surface area contributed by atoms with Crippen LogP contribution in [0.15, 0.2) is 152 Å². The Hall–Kier alpha value is -5.73. The molecule has 1 aliphatic heterocycles. The van der Waals surface area contributed by atoms with E-state index < -0.39 is 8.07 Å². The molecule has 6 aromatic carbocycles. The Morgan fingerprint density at radius 2 is 1.42 bits per heavy atom. The molecular weight excluding hydrogens is 870 g/mol. The maximum Gasteiger partial charge on any atom is 0.135 e. The molecule has 3 heterocycles. The average Bonchev–Trinajstić information content (AvgIpc) is 3.73. The van der Waals surface area contributed by atoms with E-state index in [4.69, 9.17) is 4.98 Å². The normalized spacial score (nSPS) is 12.6. The molecular formula is C48H38N5PtSi-3. The quantitative estimate of drug-likeness (QED) is 0.0884. The number of nitrogens with zero attached hydrogens (tertiary/aromatic N) is 5. The largest absolute Gasteiger partial charge is 0.504 e. The summed E-state index contributed by atoms with van der Waals surface area (Å²) in [6, 6.07) is 62.1. The fraction of sp³-hybridized carbons (Fsp3) is 0.104. The van der Waals surface area contributed by atoms with Crippen LogP contribution in [0.25, 0.3) is 27.6 Å². The molecule has 272 valence electrons. The Kier molecular flexibility index (Phi) is 9.78. The summed E-state index contributed by atoms with van der Waals surface area (Å²) in [5, 5.41) is 16.7. The molecule has 0 bridgehead atoms. The van der Waals surface area contributed by atoms with Gasteiger partial charge in [-0.1, -0.05) is 92.2 Å². The van der Waals surface area contributed by atoms with Crippen LogP contribution in [0.2, 0.25) is 0 Å². The van der Waals surface area contributed by atoms with Gasteiger partial charge in [-0.25, -0.2) is 4.98 Å². The Labute approximate surface area is 338 Å². The van der Waals surface area contributed by atoms with E-state index in [-0.39, 0.29) is 21.1 Å². The van der Waals surface area contributed by atoms with Crippen molar-refractivity contribution < 1.29 is 21.1 Å².